The molecule has 108 valence electrons. The summed E-state index contributed by atoms with van der Waals surface area (Å²) in [6.45, 7) is 2.01. The molecule has 0 spiro atoms. The first-order chi connectivity index (χ1) is 10.1. The highest BCUT2D eigenvalue weighted by molar-refractivity contribution is 6.30. The second-order valence-corrected chi connectivity index (χ2v) is 5.78. The summed E-state index contributed by atoms with van der Waals surface area (Å²) in [5.41, 5.74) is 2.27. The van der Waals surface area contributed by atoms with Crippen LogP contribution in [0.3, 0.4) is 0 Å². The van der Waals surface area contributed by atoms with Gasteiger partial charge in [0, 0.05) is 22.3 Å². The molecule has 0 radical (unpaired) electrons. The average Bonchev–Trinajstić information content (AvgIpc) is 2.47. The molecule has 2 aromatic carbocycles. The zero-order chi connectivity index (χ0) is 15.0. The Morgan fingerprint density at radius 2 is 1.95 bits per heavy atom. The van der Waals surface area contributed by atoms with Crippen LogP contribution in [0, 0.1) is 5.82 Å². The molecule has 1 amide bonds. The van der Waals surface area contributed by atoms with Crippen molar-refractivity contribution in [3.63, 3.8) is 0 Å². The molecule has 1 heterocycles. The largest absolute Gasteiger partial charge is 0.305 e. The van der Waals surface area contributed by atoms with Gasteiger partial charge < -0.3 is 4.90 Å². The first kappa shape index (κ1) is 14.1. The quantitative estimate of drug-likeness (QED) is 0.761. The number of nitrogens with zero attached hydrogens (tertiary/aromatic N) is 1. The number of aryl methyl sites for hydroxylation is 1. The van der Waals surface area contributed by atoms with Gasteiger partial charge in [0.25, 0.3) is 5.91 Å². The van der Waals surface area contributed by atoms with Crippen LogP contribution >= 0.6 is 11.6 Å². The monoisotopic (exact) mass is 303 g/mol. The van der Waals surface area contributed by atoms with Gasteiger partial charge in [0.2, 0.25) is 0 Å². The lowest BCUT2D eigenvalue weighted by atomic mass is 9.95. The second kappa shape index (κ2) is 5.49. The zero-order valence-electron chi connectivity index (χ0n) is 11.6. The molecule has 1 aliphatic rings. The van der Waals surface area contributed by atoms with E-state index in [0.717, 1.165) is 24.1 Å². The molecule has 3 rings (SSSR count). The van der Waals surface area contributed by atoms with E-state index in [9.17, 15) is 9.18 Å². The predicted molar refractivity (Wildman–Crippen MR) is 82.4 cm³/mol. The van der Waals surface area contributed by atoms with E-state index in [4.69, 9.17) is 11.6 Å². The van der Waals surface area contributed by atoms with Crippen molar-refractivity contribution in [3.05, 3.63) is 64.4 Å². The van der Waals surface area contributed by atoms with Crippen LogP contribution in [0.5, 0.6) is 0 Å². The summed E-state index contributed by atoms with van der Waals surface area (Å²) in [6, 6.07) is 11.5. The highest BCUT2D eigenvalue weighted by Gasteiger charge is 2.29. The molecule has 0 saturated heterocycles. The number of carbonyl (C=O) groups is 1. The molecule has 4 heteroatoms. The predicted octanol–water partition coefficient (Wildman–Crippen LogP) is 4.46. The number of fused-ring (bicyclic) bond motifs is 1. The van der Waals surface area contributed by atoms with E-state index in [2.05, 4.69) is 0 Å². The van der Waals surface area contributed by atoms with Gasteiger partial charge >= 0.3 is 0 Å². The maximum atomic E-state index is 13.4. The van der Waals surface area contributed by atoms with E-state index in [-0.39, 0.29) is 17.8 Å². The van der Waals surface area contributed by atoms with Crippen molar-refractivity contribution in [2.45, 2.75) is 25.8 Å². The molecular formula is C17H15ClFNO. The minimum Gasteiger partial charge on any atom is -0.305 e. The molecular weight excluding hydrogens is 289 g/mol. The SMILES string of the molecule is CC1CCc2cc(F)ccc2N1C(=O)c1ccc(Cl)cc1. The Hall–Kier alpha value is -1.87. The van der Waals surface area contributed by atoms with E-state index in [1.165, 1.54) is 12.1 Å². The maximum Gasteiger partial charge on any atom is 0.258 e. The minimum absolute atomic E-state index is 0.0771. The van der Waals surface area contributed by atoms with Crippen molar-refractivity contribution in [1.29, 1.82) is 0 Å². The Labute approximate surface area is 128 Å². The average molecular weight is 304 g/mol. The molecule has 2 aromatic rings. The topological polar surface area (TPSA) is 20.3 Å². The number of halogens is 2. The van der Waals surface area contributed by atoms with E-state index >= 15 is 0 Å². The molecule has 1 aliphatic heterocycles. The lowest BCUT2D eigenvalue weighted by Crippen LogP contribution is -2.42. The van der Waals surface area contributed by atoms with Gasteiger partial charge in [-0.2, -0.15) is 0 Å². The van der Waals surface area contributed by atoms with Crippen molar-refractivity contribution < 1.29 is 9.18 Å². The van der Waals surface area contributed by atoms with Gasteiger partial charge in [-0.3, -0.25) is 4.79 Å². The number of hydrogen-bond donors (Lipinski definition) is 0. The summed E-state index contributed by atoms with van der Waals surface area (Å²) < 4.78 is 13.4. The third kappa shape index (κ3) is 2.66. The normalized spacial score (nSPS) is 17.5. The van der Waals surface area contributed by atoms with Crippen LogP contribution in [0.1, 0.15) is 29.3 Å². The van der Waals surface area contributed by atoms with Crippen molar-refractivity contribution >= 4 is 23.2 Å². The summed E-state index contributed by atoms with van der Waals surface area (Å²) >= 11 is 5.86. The lowest BCUT2D eigenvalue weighted by molar-refractivity contribution is 0.0975. The fraction of sp³-hybridized carbons (Fsp3) is 0.235. The number of anilines is 1. The van der Waals surface area contributed by atoms with Crippen LogP contribution in [-0.2, 0) is 6.42 Å². The summed E-state index contributed by atoms with van der Waals surface area (Å²) in [5.74, 6) is -0.339. The molecule has 1 unspecified atom stereocenters. The first-order valence-corrected chi connectivity index (χ1v) is 7.31. The molecule has 0 bridgehead atoms. The Morgan fingerprint density at radius 1 is 1.24 bits per heavy atom. The molecule has 0 aliphatic carbocycles. The Bertz CT molecular complexity index is 684. The van der Waals surface area contributed by atoms with Gasteiger partial charge in [-0.1, -0.05) is 11.6 Å². The fourth-order valence-corrected chi connectivity index (χ4v) is 2.89. The van der Waals surface area contributed by atoms with E-state index in [0.29, 0.717) is 10.6 Å². The molecule has 1 atom stereocenters. The highest BCUT2D eigenvalue weighted by Crippen LogP contribution is 2.32. The van der Waals surface area contributed by atoms with Crippen LogP contribution in [0.25, 0.3) is 0 Å². The smallest absolute Gasteiger partial charge is 0.258 e. The van der Waals surface area contributed by atoms with Crippen LogP contribution in [-0.4, -0.2) is 11.9 Å². The van der Waals surface area contributed by atoms with E-state index in [1.807, 2.05) is 6.92 Å². The Balaban J connectivity index is 2.01. The zero-order valence-corrected chi connectivity index (χ0v) is 12.4. The van der Waals surface area contributed by atoms with Gasteiger partial charge in [0.1, 0.15) is 5.82 Å². The summed E-state index contributed by atoms with van der Waals surface area (Å²) in [4.78, 5) is 14.5. The van der Waals surface area contributed by atoms with Crippen LogP contribution in [0.2, 0.25) is 5.02 Å². The van der Waals surface area contributed by atoms with Crippen LogP contribution < -0.4 is 4.90 Å². The first-order valence-electron chi connectivity index (χ1n) is 6.94. The van der Waals surface area contributed by atoms with Gasteiger partial charge in [-0.15, -0.1) is 0 Å². The van der Waals surface area contributed by atoms with Gasteiger partial charge in [0.15, 0.2) is 0 Å². The van der Waals surface area contributed by atoms with Gasteiger partial charge in [0.05, 0.1) is 0 Å². The molecule has 21 heavy (non-hydrogen) atoms. The van der Waals surface area contributed by atoms with Crippen molar-refractivity contribution in [3.8, 4) is 0 Å². The van der Waals surface area contributed by atoms with E-state index in [1.54, 1.807) is 35.2 Å². The minimum atomic E-state index is -0.262. The van der Waals surface area contributed by atoms with Gasteiger partial charge in [-0.25, -0.2) is 4.39 Å². The number of rotatable bonds is 1. The highest BCUT2D eigenvalue weighted by atomic mass is 35.5. The van der Waals surface area contributed by atoms with E-state index < -0.39 is 0 Å². The van der Waals surface area contributed by atoms with Crippen LogP contribution in [0.4, 0.5) is 10.1 Å². The molecule has 0 aromatic heterocycles. The Morgan fingerprint density at radius 3 is 2.67 bits per heavy atom. The number of hydrogen-bond acceptors (Lipinski definition) is 1. The Kier molecular flexibility index (Phi) is 3.68. The maximum absolute atomic E-state index is 13.4. The number of carbonyl (C=O) groups excluding carboxylic acids is 1. The summed E-state index contributed by atoms with van der Waals surface area (Å²) in [7, 11) is 0. The lowest BCUT2D eigenvalue weighted by Gasteiger charge is -2.35. The van der Waals surface area contributed by atoms with Crippen LogP contribution in [0.15, 0.2) is 42.5 Å². The third-order valence-electron chi connectivity index (χ3n) is 3.88. The molecule has 0 fully saturated rings. The fourth-order valence-electron chi connectivity index (χ4n) is 2.76. The number of amides is 1. The summed E-state index contributed by atoms with van der Waals surface area (Å²) in [6.07, 6.45) is 1.62. The second-order valence-electron chi connectivity index (χ2n) is 5.34. The molecule has 0 N–H and O–H groups in total. The summed E-state index contributed by atoms with van der Waals surface area (Å²) in [5, 5.41) is 0.598. The molecule has 2 nitrogen and oxygen atoms in total. The number of benzene rings is 2. The van der Waals surface area contributed by atoms with Gasteiger partial charge in [-0.05, 0) is 67.8 Å². The van der Waals surface area contributed by atoms with Crippen molar-refractivity contribution in [1.82, 2.24) is 0 Å². The standard InChI is InChI=1S/C17H15ClFNO/c1-11-2-3-13-10-15(19)8-9-16(13)20(11)17(21)12-4-6-14(18)7-5-12/h4-11H,2-3H2,1H3. The van der Waals surface area contributed by atoms with Crippen molar-refractivity contribution in [2.24, 2.45) is 0 Å². The molecule has 0 saturated carbocycles. The van der Waals surface area contributed by atoms with Crippen molar-refractivity contribution in [2.75, 3.05) is 4.90 Å². The third-order valence-corrected chi connectivity index (χ3v) is 4.14.